The van der Waals surface area contributed by atoms with Crippen molar-refractivity contribution in [2.24, 2.45) is 0 Å². The van der Waals surface area contributed by atoms with Gasteiger partial charge in [-0.3, -0.25) is 0 Å². The lowest BCUT2D eigenvalue weighted by Gasteiger charge is -2.32. The van der Waals surface area contributed by atoms with Crippen molar-refractivity contribution < 1.29 is 0 Å². The van der Waals surface area contributed by atoms with Crippen LogP contribution in [0.2, 0.25) is 0 Å². The predicted octanol–water partition coefficient (Wildman–Crippen LogP) is 0.643. The summed E-state index contributed by atoms with van der Waals surface area (Å²) in [5.41, 5.74) is 0. The number of nitrogens with zero attached hydrogens (tertiary/aromatic N) is 1. The monoisotopic (exact) mass is 174 g/mol. The summed E-state index contributed by atoms with van der Waals surface area (Å²) in [7, 11) is 2.22. The molecule has 1 unspecified atom stereocenters. The minimum Gasteiger partial charge on any atom is -0.315 e. The third kappa shape index (κ3) is 3.01. The zero-order valence-corrected chi connectivity index (χ0v) is 8.28. The van der Waals surface area contributed by atoms with Crippen LogP contribution in [-0.2, 0) is 0 Å². The van der Waals surface area contributed by atoms with Gasteiger partial charge in [-0.15, -0.1) is 0 Å². The van der Waals surface area contributed by atoms with Gasteiger partial charge in [-0.25, -0.2) is 0 Å². The van der Waals surface area contributed by atoms with Crippen molar-refractivity contribution in [1.29, 1.82) is 0 Å². The fourth-order valence-electron chi connectivity index (χ4n) is 1.26. The molecule has 1 atom stereocenters. The van der Waals surface area contributed by atoms with Crippen molar-refractivity contribution >= 4 is 11.8 Å². The van der Waals surface area contributed by atoms with Crippen LogP contribution < -0.4 is 5.32 Å². The van der Waals surface area contributed by atoms with Gasteiger partial charge in [0.05, 0.1) is 0 Å². The average molecular weight is 174 g/mol. The van der Waals surface area contributed by atoms with Crippen molar-refractivity contribution in [3.05, 3.63) is 0 Å². The van der Waals surface area contributed by atoms with Crippen LogP contribution >= 0.6 is 11.8 Å². The molecule has 1 fully saturated rings. The fraction of sp³-hybridized carbons (Fsp3) is 1.00. The molecule has 1 N–H and O–H groups in total. The van der Waals surface area contributed by atoms with Crippen LogP contribution in [0.1, 0.15) is 6.92 Å². The summed E-state index contributed by atoms with van der Waals surface area (Å²) in [6, 6.07) is 0.758. The third-order valence-electron chi connectivity index (χ3n) is 2.15. The molecule has 2 nitrogen and oxygen atoms in total. The Morgan fingerprint density at radius 3 is 3.09 bits per heavy atom. The summed E-state index contributed by atoms with van der Waals surface area (Å²) >= 11 is 2.08. The van der Waals surface area contributed by atoms with Gasteiger partial charge in [-0.2, -0.15) is 11.8 Å². The second-order valence-corrected chi connectivity index (χ2v) is 4.17. The molecular formula is C8H18N2S. The van der Waals surface area contributed by atoms with E-state index in [1.54, 1.807) is 0 Å². The SMILES string of the molecule is CCNCC1CSCCN1C. The maximum atomic E-state index is 3.39. The highest BCUT2D eigenvalue weighted by atomic mass is 32.2. The fourth-order valence-corrected chi connectivity index (χ4v) is 2.49. The molecule has 0 aliphatic carbocycles. The number of thioether (sulfide) groups is 1. The Labute approximate surface area is 73.7 Å². The van der Waals surface area contributed by atoms with Crippen molar-refractivity contribution in [2.75, 3.05) is 38.2 Å². The van der Waals surface area contributed by atoms with E-state index in [4.69, 9.17) is 0 Å². The molecule has 3 heteroatoms. The summed E-state index contributed by atoms with van der Waals surface area (Å²) in [6.45, 7) is 5.66. The van der Waals surface area contributed by atoms with Crippen molar-refractivity contribution in [3.8, 4) is 0 Å². The van der Waals surface area contributed by atoms with Crippen LogP contribution in [0.15, 0.2) is 0 Å². The summed E-state index contributed by atoms with van der Waals surface area (Å²) in [4.78, 5) is 2.46. The van der Waals surface area contributed by atoms with E-state index >= 15 is 0 Å². The van der Waals surface area contributed by atoms with E-state index in [2.05, 4.69) is 35.9 Å². The largest absolute Gasteiger partial charge is 0.315 e. The molecule has 0 saturated carbocycles. The molecule has 1 aliphatic heterocycles. The Morgan fingerprint density at radius 2 is 2.45 bits per heavy atom. The molecule has 0 spiro atoms. The van der Waals surface area contributed by atoms with Crippen LogP contribution in [0.3, 0.4) is 0 Å². The lowest BCUT2D eigenvalue weighted by molar-refractivity contribution is 0.263. The maximum absolute atomic E-state index is 3.39. The van der Waals surface area contributed by atoms with Gasteiger partial charge in [0, 0.05) is 30.6 Å². The first kappa shape index (κ1) is 9.36. The summed E-state index contributed by atoms with van der Waals surface area (Å²) in [6.07, 6.45) is 0. The van der Waals surface area contributed by atoms with Crippen molar-refractivity contribution in [3.63, 3.8) is 0 Å². The molecule has 0 aromatic rings. The lowest BCUT2D eigenvalue weighted by Crippen LogP contribution is -2.45. The second kappa shape index (κ2) is 5.01. The molecule has 1 saturated heterocycles. The van der Waals surface area contributed by atoms with E-state index < -0.39 is 0 Å². The number of hydrogen-bond acceptors (Lipinski definition) is 3. The molecular weight excluding hydrogens is 156 g/mol. The van der Waals surface area contributed by atoms with Gasteiger partial charge < -0.3 is 10.2 Å². The Hall–Kier alpha value is 0.270. The highest BCUT2D eigenvalue weighted by Gasteiger charge is 2.17. The molecule has 11 heavy (non-hydrogen) atoms. The molecule has 0 amide bonds. The molecule has 0 aromatic carbocycles. The van der Waals surface area contributed by atoms with Gasteiger partial charge in [0.25, 0.3) is 0 Å². The first-order chi connectivity index (χ1) is 5.34. The standard InChI is InChI=1S/C8H18N2S/c1-3-9-6-8-7-11-5-4-10(8)2/h8-9H,3-7H2,1-2H3. The first-order valence-electron chi connectivity index (χ1n) is 4.33. The number of nitrogens with one attached hydrogen (secondary N) is 1. The Balaban J connectivity index is 2.18. The van der Waals surface area contributed by atoms with Gasteiger partial charge in [-0.1, -0.05) is 6.92 Å². The van der Waals surface area contributed by atoms with Gasteiger partial charge >= 0.3 is 0 Å². The summed E-state index contributed by atoms with van der Waals surface area (Å²) in [5.74, 6) is 2.60. The third-order valence-corrected chi connectivity index (χ3v) is 3.24. The highest BCUT2D eigenvalue weighted by molar-refractivity contribution is 7.99. The van der Waals surface area contributed by atoms with Gasteiger partial charge in [0.2, 0.25) is 0 Å². The van der Waals surface area contributed by atoms with E-state index in [0.717, 1.165) is 19.1 Å². The van der Waals surface area contributed by atoms with Crippen LogP contribution in [-0.4, -0.2) is 49.1 Å². The molecule has 0 bridgehead atoms. The average Bonchev–Trinajstić information content (AvgIpc) is 2.03. The Morgan fingerprint density at radius 1 is 1.64 bits per heavy atom. The molecule has 1 heterocycles. The van der Waals surface area contributed by atoms with E-state index in [1.807, 2.05) is 0 Å². The number of hydrogen-bond donors (Lipinski definition) is 1. The van der Waals surface area contributed by atoms with E-state index in [9.17, 15) is 0 Å². The molecule has 0 aromatic heterocycles. The quantitative estimate of drug-likeness (QED) is 0.676. The Bertz CT molecular complexity index is 108. The van der Waals surface area contributed by atoms with E-state index in [-0.39, 0.29) is 0 Å². The van der Waals surface area contributed by atoms with Crippen molar-refractivity contribution in [1.82, 2.24) is 10.2 Å². The first-order valence-corrected chi connectivity index (χ1v) is 5.48. The van der Waals surface area contributed by atoms with Gasteiger partial charge in [0.15, 0.2) is 0 Å². The second-order valence-electron chi connectivity index (χ2n) is 3.02. The smallest absolute Gasteiger partial charge is 0.0308 e. The van der Waals surface area contributed by atoms with Crippen LogP contribution in [0.5, 0.6) is 0 Å². The minimum absolute atomic E-state index is 0.758. The molecule has 1 rings (SSSR count). The summed E-state index contributed by atoms with van der Waals surface area (Å²) in [5, 5.41) is 3.39. The zero-order valence-electron chi connectivity index (χ0n) is 7.47. The maximum Gasteiger partial charge on any atom is 0.0308 e. The van der Waals surface area contributed by atoms with Crippen LogP contribution in [0.25, 0.3) is 0 Å². The van der Waals surface area contributed by atoms with E-state index in [0.29, 0.717) is 0 Å². The topological polar surface area (TPSA) is 15.3 Å². The summed E-state index contributed by atoms with van der Waals surface area (Å²) < 4.78 is 0. The van der Waals surface area contributed by atoms with E-state index in [1.165, 1.54) is 18.1 Å². The molecule has 66 valence electrons. The van der Waals surface area contributed by atoms with Crippen LogP contribution in [0.4, 0.5) is 0 Å². The Kier molecular flexibility index (Phi) is 4.26. The number of likely N-dealkylation sites (N-methyl/N-ethyl adjacent to an activating group) is 2. The highest BCUT2D eigenvalue weighted by Crippen LogP contribution is 2.13. The van der Waals surface area contributed by atoms with Gasteiger partial charge in [0.1, 0.15) is 0 Å². The lowest BCUT2D eigenvalue weighted by atomic mass is 10.3. The van der Waals surface area contributed by atoms with Crippen LogP contribution in [0, 0.1) is 0 Å². The predicted molar refractivity (Wildman–Crippen MR) is 52.3 cm³/mol. The minimum atomic E-state index is 0.758. The zero-order chi connectivity index (χ0) is 8.10. The van der Waals surface area contributed by atoms with Gasteiger partial charge in [-0.05, 0) is 13.6 Å². The molecule has 1 aliphatic rings. The number of rotatable bonds is 3. The normalized spacial score (nSPS) is 27.3. The molecule has 0 radical (unpaired) electrons. The van der Waals surface area contributed by atoms with Crippen molar-refractivity contribution in [2.45, 2.75) is 13.0 Å².